The molecule has 1 saturated heterocycles. The molecule has 2 heterocycles. The molecule has 0 aliphatic carbocycles. The fraction of sp³-hybridized carbons (Fsp3) is 0.333. The number of hydrogen-bond donors (Lipinski definition) is 1. The third kappa shape index (κ3) is 4.78. The van der Waals surface area contributed by atoms with Crippen LogP contribution in [0.25, 0.3) is 0 Å². The molecule has 3 rings (SSSR count). The number of carbonyl (C=O) groups is 1. The number of phenolic OH excluding ortho intramolecular Hbond substituents is 1. The number of benzene rings is 1. The SMILES string of the molecule is O=C(c1cnc(OCC(F)(F)F)c(Cl)c1)N1CCN(c2ccccc2O)CC1. The third-order valence-electron chi connectivity index (χ3n) is 4.22. The number of anilines is 1. The van der Waals surface area contributed by atoms with Gasteiger partial charge < -0.3 is 19.6 Å². The van der Waals surface area contributed by atoms with Gasteiger partial charge in [-0.15, -0.1) is 0 Å². The number of phenols is 1. The molecule has 1 fully saturated rings. The summed E-state index contributed by atoms with van der Waals surface area (Å²) in [6.45, 7) is 0.365. The van der Waals surface area contributed by atoms with E-state index in [-0.39, 0.29) is 28.1 Å². The highest BCUT2D eigenvalue weighted by Gasteiger charge is 2.29. The molecular formula is C18H17ClF3N3O3. The first kappa shape index (κ1) is 20.1. The molecule has 1 aromatic carbocycles. The number of amides is 1. The van der Waals surface area contributed by atoms with Crippen molar-refractivity contribution in [2.75, 3.05) is 37.7 Å². The van der Waals surface area contributed by atoms with Crippen molar-refractivity contribution in [2.45, 2.75) is 6.18 Å². The molecule has 0 saturated carbocycles. The van der Waals surface area contributed by atoms with E-state index in [1.165, 1.54) is 6.07 Å². The van der Waals surface area contributed by atoms with E-state index in [4.69, 9.17) is 11.6 Å². The minimum Gasteiger partial charge on any atom is -0.506 e. The molecule has 10 heteroatoms. The van der Waals surface area contributed by atoms with Crippen molar-refractivity contribution < 1.29 is 27.8 Å². The number of halogens is 4. The Balaban J connectivity index is 1.62. The molecule has 0 bridgehead atoms. The Morgan fingerprint density at radius 3 is 2.50 bits per heavy atom. The Morgan fingerprint density at radius 1 is 1.21 bits per heavy atom. The van der Waals surface area contributed by atoms with Crippen LogP contribution in [0.2, 0.25) is 5.02 Å². The predicted octanol–water partition coefficient (Wildman–Crippen LogP) is 3.34. The van der Waals surface area contributed by atoms with E-state index in [9.17, 15) is 23.1 Å². The van der Waals surface area contributed by atoms with Crippen molar-refractivity contribution in [3.8, 4) is 11.6 Å². The van der Waals surface area contributed by atoms with Gasteiger partial charge in [-0.1, -0.05) is 23.7 Å². The Bertz CT molecular complexity index is 855. The Morgan fingerprint density at radius 2 is 1.89 bits per heavy atom. The number of piperazine rings is 1. The van der Waals surface area contributed by atoms with Gasteiger partial charge in [-0.3, -0.25) is 4.79 Å². The second kappa shape index (κ2) is 8.14. The quantitative estimate of drug-likeness (QED) is 0.829. The molecule has 1 N–H and O–H groups in total. The van der Waals surface area contributed by atoms with Gasteiger partial charge in [0.05, 0.1) is 11.3 Å². The zero-order valence-corrected chi connectivity index (χ0v) is 15.4. The highest BCUT2D eigenvalue weighted by atomic mass is 35.5. The minimum absolute atomic E-state index is 0.164. The van der Waals surface area contributed by atoms with Crippen molar-refractivity contribution in [2.24, 2.45) is 0 Å². The van der Waals surface area contributed by atoms with Gasteiger partial charge in [0, 0.05) is 32.4 Å². The zero-order chi connectivity index (χ0) is 20.3. The second-order valence-electron chi connectivity index (χ2n) is 6.18. The van der Waals surface area contributed by atoms with E-state index in [0.29, 0.717) is 31.9 Å². The number of aromatic nitrogens is 1. The van der Waals surface area contributed by atoms with Crippen molar-refractivity contribution in [3.63, 3.8) is 0 Å². The summed E-state index contributed by atoms with van der Waals surface area (Å²) < 4.78 is 41.2. The first-order valence-corrected chi connectivity index (χ1v) is 8.80. The third-order valence-corrected chi connectivity index (χ3v) is 4.49. The maximum Gasteiger partial charge on any atom is 0.422 e. The molecule has 150 valence electrons. The highest BCUT2D eigenvalue weighted by molar-refractivity contribution is 6.32. The highest BCUT2D eigenvalue weighted by Crippen LogP contribution is 2.28. The van der Waals surface area contributed by atoms with E-state index >= 15 is 0 Å². The molecule has 2 aromatic rings. The van der Waals surface area contributed by atoms with Gasteiger partial charge in [0.15, 0.2) is 6.61 Å². The first-order valence-electron chi connectivity index (χ1n) is 8.42. The number of ether oxygens (including phenoxy) is 1. The Hall–Kier alpha value is -2.68. The van der Waals surface area contributed by atoms with E-state index < -0.39 is 12.8 Å². The molecule has 0 atom stereocenters. The molecular weight excluding hydrogens is 399 g/mol. The fourth-order valence-electron chi connectivity index (χ4n) is 2.86. The second-order valence-corrected chi connectivity index (χ2v) is 6.59. The average molecular weight is 416 g/mol. The Kier molecular flexibility index (Phi) is 5.83. The summed E-state index contributed by atoms with van der Waals surface area (Å²) in [7, 11) is 0. The van der Waals surface area contributed by atoms with Crippen LogP contribution in [0.4, 0.5) is 18.9 Å². The van der Waals surface area contributed by atoms with Gasteiger partial charge in [0.25, 0.3) is 5.91 Å². The lowest BCUT2D eigenvalue weighted by Crippen LogP contribution is -2.48. The van der Waals surface area contributed by atoms with Crippen LogP contribution in [0.3, 0.4) is 0 Å². The largest absolute Gasteiger partial charge is 0.506 e. The van der Waals surface area contributed by atoms with Crippen LogP contribution in [0.5, 0.6) is 11.6 Å². The van der Waals surface area contributed by atoms with Crippen LogP contribution in [-0.4, -0.2) is 59.9 Å². The summed E-state index contributed by atoms with van der Waals surface area (Å²) in [5, 5.41) is 9.78. The molecule has 0 spiro atoms. The average Bonchev–Trinajstić information content (AvgIpc) is 2.66. The lowest BCUT2D eigenvalue weighted by molar-refractivity contribution is -0.154. The van der Waals surface area contributed by atoms with Gasteiger partial charge >= 0.3 is 6.18 Å². The zero-order valence-electron chi connectivity index (χ0n) is 14.6. The molecule has 1 aliphatic rings. The van der Waals surface area contributed by atoms with E-state index in [1.54, 1.807) is 23.1 Å². The van der Waals surface area contributed by atoms with Crippen molar-refractivity contribution in [1.29, 1.82) is 0 Å². The van der Waals surface area contributed by atoms with E-state index in [2.05, 4.69) is 9.72 Å². The number of rotatable bonds is 4. The number of carbonyl (C=O) groups excluding carboxylic acids is 1. The van der Waals surface area contributed by atoms with Crippen LogP contribution >= 0.6 is 11.6 Å². The number of pyridine rings is 1. The maximum absolute atomic E-state index is 12.6. The monoisotopic (exact) mass is 415 g/mol. The summed E-state index contributed by atoms with van der Waals surface area (Å²) >= 11 is 5.90. The van der Waals surface area contributed by atoms with Gasteiger partial charge in [-0.05, 0) is 18.2 Å². The van der Waals surface area contributed by atoms with Gasteiger partial charge in [0.1, 0.15) is 10.8 Å². The summed E-state index contributed by atoms with van der Waals surface area (Å²) in [5.74, 6) is -0.527. The van der Waals surface area contributed by atoms with E-state index in [1.807, 2.05) is 11.0 Å². The van der Waals surface area contributed by atoms with Gasteiger partial charge in [-0.2, -0.15) is 13.2 Å². The molecule has 6 nitrogen and oxygen atoms in total. The fourth-order valence-corrected chi connectivity index (χ4v) is 3.08. The molecule has 1 amide bonds. The number of alkyl halides is 3. The molecule has 0 radical (unpaired) electrons. The smallest absolute Gasteiger partial charge is 0.422 e. The number of nitrogens with zero attached hydrogens (tertiary/aromatic N) is 3. The number of aromatic hydroxyl groups is 1. The predicted molar refractivity (Wildman–Crippen MR) is 97.0 cm³/mol. The van der Waals surface area contributed by atoms with Crippen LogP contribution in [0.15, 0.2) is 36.5 Å². The summed E-state index contributed by atoms with van der Waals surface area (Å²) in [5.41, 5.74) is 0.867. The molecule has 1 aromatic heterocycles. The normalized spacial score (nSPS) is 14.9. The van der Waals surface area contributed by atoms with Gasteiger partial charge in [-0.25, -0.2) is 4.98 Å². The molecule has 28 heavy (non-hydrogen) atoms. The summed E-state index contributed by atoms with van der Waals surface area (Å²) in [4.78, 5) is 19.9. The lowest BCUT2D eigenvalue weighted by atomic mass is 10.2. The van der Waals surface area contributed by atoms with Crippen molar-refractivity contribution >= 4 is 23.2 Å². The van der Waals surface area contributed by atoms with Crippen LogP contribution in [0, 0.1) is 0 Å². The summed E-state index contributed by atoms with van der Waals surface area (Å²) in [6, 6.07) is 8.21. The standard InChI is InChI=1S/C18H17ClF3N3O3/c19-13-9-12(10-23-16(13)28-11-18(20,21)22)17(27)25-7-5-24(6-8-25)14-3-1-2-4-15(14)26/h1-4,9-10,26H,5-8,11H2. The lowest BCUT2D eigenvalue weighted by Gasteiger charge is -2.36. The van der Waals surface area contributed by atoms with Gasteiger partial charge in [0.2, 0.25) is 5.88 Å². The van der Waals surface area contributed by atoms with Crippen molar-refractivity contribution in [1.82, 2.24) is 9.88 Å². The Labute approximate surface area is 164 Å². The maximum atomic E-state index is 12.6. The topological polar surface area (TPSA) is 65.9 Å². The number of para-hydroxylation sites is 2. The minimum atomic E-state index is -4.51. The van der Waals surface area contributed by atoms with Crippen molar-refractivity contribution in [3.05, 3.63) is 47.1 Å². The van der Waals surface area contributed by atoms with Crippen LogP contribution < -0.4 is 9.64 Å². The molecule has 0 unspecified atom stereocenters. The number of hydrogen-bond acceptors (Lipinski definition) is 5. The first-order chi connectivity index (χ1) is 13.2. The van der Waals surface area contributed by atoms with Crippen LogP contribution in [-0.2, 0) is 0 Å². The summed E-state index contributed by atoms with van der Waals surface area (Å²) in [6.07, 6.45) is -3.36. The molecule has 1 aliphatic heterocycles. The van der Waals surface area contributed by atoms with Crippen LogP contribution in [0.1, 0.15) is 10.4 Å². The van der Waals surface area contributed by atoms with E-state index in [0.717, 1.165) is 6.20 Å².